The molecule has 0 aliphatic heterocycles. The lowest BCUT2D eigenvalue weighted by molar-refractivity contribution is -0.141. The first-order valence-corrected chi connectivity index (χ1v) is 11.4. The molecule has 0 unspecified atom stereocenters. The number of nitrogens with zero attached hydrogens (tertiary/aromatic N) is 1. The van der Waals surface area contributed by atoms with Crippen LogP contribution < -0.4 is 14.8 Å². The molecule has 0 saturated heterocycles. The van der Waals surface area contributed by atoms with E-state index in [1.807, 2.05) is 78.9 Å². The number of carbonyl (C=O) groups excluding carboxylic acids is 2. The number of amides is 2. The van der Waals surface area contributed by atoms with E-state index in [0.29, 0.717) is 30.9 Å². The summed E-state index contributed by atoms with van der Waals surface area (Å²) in [4.78, 5) is 28.2. The first kappa shape index (κ1) is 24.8. The van der Waals surface area contributed by atoms with Gasteiger partial charge in [0.05, 0.1) is 14.2 Å². The van der Waals surface area contributed by atoms with Crippen molar-refractivity contribution in [2.24, 2.45) is 0 Å². The number of benzene rings is 3. The molecular formula is C28H32N2O4. The van der Waals surface area contributed by atoms with Crippen molar-refractivity contribution in [2.45, 2.75) is 31.8 Å². The van der Waals surface area contributed by atoms with Crippen LogP contribution in [0.4, 0.5) is 0 Å². The number of aryl methyl sites for hydroxylation is 1. The predicted octanol–water partition coefficient (Wildman–Crippen LogP) is 4.02. The van der Waals surface area contributed by atoms with Gasteiger partial charge in [0.2, 0.25) is 11.8 Å². The molecule has 0 aromatic heterocycles. The fourth-order valence-electron chi connectivity index (χ4n) is 3.93. The molecule has 1 atom stereocenters. The van der Waals surface area contributed by atoms with E-state index in [9.17, 15) is 9.59 Å². The van der Waals surface area contributed by atoms with E-state index in [1.165, 1.54) is 0 Å². The van der Waals surface area contributed by atoms with E-state index in [2.05, 4.69) is 5.32 Å². The van der Waals surface area contributed by atoms with Crippen LogP contribution in [-0.4, -0.2) is 44.0 Å². The van der Waals surface area contributed by atoms with Crippen LogP contribution in [0.1, 0.15) is 23.1 Å². The Hall–Kier alpha value is -3.80. The Bertz CT molecular complexity index is 1070. The molecule has 0 bridgehead atoms. The van der Waals surface area contributed by atoms with E-state index < -0.39 is 6.04 Å². The number of hydrogen-bond donors (Lipinski definition) is 1. The van der Waals surface area contributed by atoms with Crippen molar-refractivity contribution in [2.75, 3.05) is 21.3 Å². The largest absolute Gasteiger partial charge is 0.493 e. The minimum Gasteiger partial charge on any atom is -0.493 e. The molecule has 178 valence electrons. The lowest BCUT2D eigenvalue weighted by Gasteiger charge is -2.31. The number of ether oxygens (including phenoxy) is 2. The number of carbonyl (C=O) groups is 2. The maximum absolute atomic E-state index is 13.5. The van der Waals surface area contributed by atoms with E-state index >= 15 is 0 Å². The Balaban J connectivity index is 1.84. The molecule has 1 N–H and O–H groups in total. The van der Waals surface area contributed by atoms with Gasteiger partial charge in [-0.05, 0) is 35.2 Å². The molecule has 0 spiro atoms. The van der Waals surface area contributed by atoms with Crippen LogP contribution in [0.5, 0.6) is 11.5 Å². The van der Waals surface area contributed by atoms with Gasteiger partial charge in [-0.2, -0.15) is 0 Å². The van der Waals surface area contributed by atoms with Crippen LogP contribution in [0.3, 0.4) is 0 Å². The predicted molar refractivity (Wildman–Crippen MR) is 133 cm³/mol. The average molecular weight is 461 g/mol. The van der Waals surface area contributed by atoms with Gasteiger partial charge in [0.15, 0.2) is 11.5 Å². The number of hydrogen-bond acceptors (Lipinski definition) is 4. The summed E-state index contributed by atoms with van der Waals surface area (Å²) < 4.78 is 10.7. The zero-order valence-corrected chi connectivity index (χ0v) is 20.0. The van der Waals surface area contributed by atoms with Crippen molar-refractivity contribution in [1.82, 2.24) is 10.2 Å². The monoisotopic (exact) mass is 460 g/mol. The Morgan fingerprint density at radius 1 is 0.824 bits per heavy atom. The third-order valence-corrected chi connectivity index (χ3v) is 5.79. The molecule has 6 heteroatoms. The van der Waals surface area contributed by atoms with Crippen molar-refractivity contribution in [1.29, 1.82) is 0 Å². The molecule has 3 aromatic carbocycles. The van der Waals surface area contributed by atoms with Crippen LogP contribution in [0, 0.1) is 0 Å². The molecule has 0 fully saturated rings. The van der Waals surface area contributed by atoms with Gasteiger partial charge in [-0.1, -0.05) is 66.7 Å². The molecule has 3 rings (SSSR count). The van der Waals surface area contributed by atoms with Crippen molar-refractivity contribution >= 4 is 11.8 Å². The van der Waals surface area contributed by atoms with Gasteiger partial charge in [0.1, 0.15) is 6.04 Å². The number of rotatable bonds is 11. The fourth-order valence-corrected chi connectivity index (χ4v) is 3.93. The van der Waals surface area contributed by atoms with Crippen LogP contribution in [0.2, 0.25) is 0 Å². The third-order valence-electron chi connectivity index (χ3n) is 5.79. The van der Waals surface area contributed by atoms with Crippen molar-refractivity contribution in [3.8, 4) is 11.5 Å². The van der Waals surface area contributed by atoms with Gasteiger partial charge in [-0.15, -0.1) is 0 Å². The van der Waals surface area contributed by atoms with E-state index in [0.717, 1.165) is 16.7 Å². The average Bonchev–Trinajstić information content (AvgIpc) is 2.89. The summed E-state index contributed by atoms with van der Waals surface area (Å²) in [5, 5.41) is 2.74. The first-order valence-electron chi connectivity index (χ1n) is 11.4. The summed E-state index contributed by atoms with van der Waals surface area (Å²) in [6.45, 7) is 0.358. The highest BCUT2D eigenvalue weighted by molar-refractivity contribution is 5.88. The van der Waals surface area contributed by atoms with E-state index in [-0.39, 0.29) is 18.2 Å². The second-order valence-corrected chi connectivity index (χ2v) is 8.02. The van der Waals surface area contributed by atoms with Gasteiger partial charge in [0, 0.05) is 26.4 Å². The maximum Gasteiger partial charge on any atom is 0.242 e. The number of nitrogens with one attached hydrogen (secondary N) is 1. The Labute approximate surface area is 201 Å². The molecule has 0 aliphatic carbocycles. The highest BCUT2D eigenvalue weighted by Gasteiger charge is 2.29. The fraction of sp³-hybridized carbons (Fsp3) is 0.286. The normalized spacial score (nSPS) is 11.4. The second kappa shape index (κ2) is 12.4. The van der Waals surface area contributed by atoms with E-state index in [1.54, 1.807) is 26.2 Å². The van der Waals surface area contributed by atoms with Gasteiger partial charge in [-0.3, -0.25) is 9.59 Å². The Kier molecular flexibility index (Phi) is 9.09. The molecule has 0 saturated carbocycles. The summed E-state index contributed by atoms with van der Waals surface area (Å²) in [7, 11) is 4.79. The second-order valence-electron chi connectivity index (χ2n) is 8.02. The molecule has 6 nitrogen and oxygen atoms in total. The molecule has 0 heterocycles. The molecule has 3 aromatic rings. The van der Waals surface area contributed by atoms with Crippen LogP contribution in [0.25, 0.3) is 0 Å². The quantitative estimate of drug-likeness (QED) is 0.469. The zero-order chi connectivity index (χ0) is 24.3. The Morgan fingerprint density at radius 2 is 1.44 bits per heavy atom. The zero-order valence-electron chi connectivity index (χ0n) is 20.0. The molecule has 0 aliphatic rings. The summed E-state index contributed by atoms with van der Waals surface area (Å²) in [6.07, 6.45) is 1.23. The molecular weight excluding hydrogens is 428 g/mol. The van der Waals surface area contributed by atoms with Gasteiger partial charge in [-0.25, -0.2) is 0 Å². The minimum atomic E-state index is -0.620. The van der Waals surface area contributed by atoms with Gasteiger partial charge in [0.25, 0.3) is 0 Å². The summed E-state index contributed by atoms with van der Waals surface area (Å²) in [5.74, 6) is 1.01. The number of likely N-dealkylation sites (N-methyl/N-ethyl adjacent to an activating group) is 1. The third kappa shape index (κ3) is 6.61. The lowest BCUT2D eigenvalue weighted by Crippen LogP contribution is -2.49. The number of methoxy groups -OCH3 is 2. The van der Waals surface area contributed by atoms with Gasteiger partial charge >= 0.3 is 0 Å². The van der Waals surface area contributed by atoms with Crippen LogP contribution in [-0.2, 0) is 29.0 Å². The highest BCUT2D eigenvalue weighted by atomic mass is 16.5. The van der Waals surface area contributed by atoms with Crippen molar-refractivity contribution < 1.29 is 19.1 Å². The Morgan fingerprint density at radius 3 is 2.03 bits per heavy atom. The van der Waals surface area contributed by atoms with Crippen molar-refractivity contribution in [3.63, 3.8) is 0 Å². The lowest BCUT2D eigenvalue weighted by atomic mass is 10.0. The maximum atomic E-state index is 13.5. The standard InChI is InChI=1S/C28H32N2O4/c1-29-28(32)24(18-21-10-6-4-7-11-21)30(20-23-12-8-5-9-13-23)27(31)17-15-22-14-16-25(33-2)26(19-22)34-3/h4-14,16,19,24H,15,17-18,20H2,1-3H3,(H,29,32)/t24-/m0/s1. The first-order chi connectivity index (χ1) is 16.5. The van der Waals surface area contributed by atoms with Crippen LogP contribution >= 0.6 is 0 Å². The highest BCUT2D eigenvalue weighted by Crippen LogP contribution is 2.28. The molecule has 2 amide bonds. The molecule has 34 heavy (non-hydrogen) atoms. The van der Waals surface area contributed by atoms with E-state index in [4.69, 9.17) is 9.47 Å². The van der Waals surface area contributed by atoms with Crippen molar-refractivity contribution in [3.05, 3.63) is 95.6 Å². The minimum absolute atomic E-state index is 0.0804. The molecule has 0 radical (unpaired) electrons. The summed E-state index contributed by atoms with van der Waals surface area (Å²) in [6, 6.07) is 24.6. The summed E-state index contributed by atoms with van der Waals surface area (Å²) in [5.41, 5.74) is 2.94. The smallest absolute Gasteiger partial charge is 0.242 e. The van der Waals surface area contributed by atoms with Gasteiger partial charge < -0.3 is 19.7 Å². The SMILES string of the molecule is CNC(=O)[C@H](Cc1ccccc1)N(Cc1ccccc1)C(=O)CCc1ccc(OC)c(OC)c1. The topological polar surface area (TPSA) is 67.9 Å². The van der Waals surface area contributed by atoms with Crippen LogP contribution in [0.15, 0.2) is 78.9 Å². The summed E-state index contributed by atoms with van der Waals surface area (Å²) >= 11 is 0.